The van der Waals surface area contributed by atoms with Gasteiger partial charge in [0.25, 0.3) is 0 Å². The van der Waals surface area contributed by atoms with Crippen LogP contribution in [0.4, 0.5) is 0 Å². The van der Waals surface area contributed by atoms with Crippen molar-refractivity contribution in [3.05, 3.63) is 52.1 Å². The Morgan fingerprint density at radius 2 is 2.00 bits per heavy atom. The summed E-state index contributed by atoms with van der Waals surface area (Å²) in [7, 11) is 1.66. The minimum Gasteiger partial charge on any atom is -0.497 e. The fourth-order valence-corrected chi connectivity index (χ4v) is 2.24. The summed E-state index contributed by atoms with van der Waals surface area (Å²) in [6.45, 7) is 4.20. The van der Waals surface area contributed by atoms with Crippen molar-refractivity contribution in [1.29, 1.82) is 0 Å². The summed E-state index contributed by atoms with van der Waals surface area (Å²) in [6, 6.07) is 9.85. The molecular weight excluding hydrogens is 332 g/mol. The van der Waals surface area contributed by atoms with Gasteiger partial charge in [0.05, 0.1) is 7.11 Å². The van der Waals surface area contributed by atoms with Crippen LogP contribution in [-0.4, -0.2) is 18.6 Å². The summed E-state index contributed by atoms with van der Waals surface area (Å²) < 4.78 is 11.9. The topological polar surface area (TPSA) is 43.4 Å². The fraction of sp³-hybridized carbons (Fsp3) is 0.312. The van der Waals surface area contributed by atoms with Crippen LogP contribution < -0.4 is 14.8 Å². The molecule has 0 spiro atoms. The van der Waals surface area contributed by atoms with Crippen LogP contribution in [0.25, 0.3) is 0 Å². The number of benzene rings is 1. The van der Waals surface area contributed by atoms with Crippen molar-refractivity contribution in [2.24, 2.45) is 0 Å². The molecule has 0 aliphatic carbocycles. The van der Waals surface area contributed by atoms with E-state index in [1.54, 1.807) is 13.3 Å². The average molecular weight is 351 g/mol. The summed E-state index contributed by atoms with van der Waals surface area (Å²) in [5.41, 5.74) is 2.12. The molecule has 0 amide bonds. The van der Waals surface area contributed by atoms with Crippen molar-refractivity contribution in [2.45, 2.75) is 20.1 Å². The number of methoxy groups -OCH3 is 1. The van der Waals surface area contributed by atoms with Crippen molar-refractivity contribution in [2.75, 3.05) is 13.7 Å². The molecule has 4 nitrogen and oxygen atoms in total. The Kier molecular flexibility index (Phi) is 6.02. The summed E-state index contributed by atoms with van der Waals surface area (Å²) in [4.78, 5) is 4.35. The predicted molar refractivity (Wildman–Crippen MR) is 86.6 cm³/mol. The Morgan fingerprint density at radius 3 is 2.67 bits per heavy atom. The number of nitrogens with one attached hydrogen (secondary N) is 1. The molecule has 1 heterocycles. The van der Waals surface area contributed by atoms with Crippen molar-refractivity contribution >= 4 is 15.9 Å². The second-order valence-corrected chi connectivity index (χ2v) is 5.45. The Labute approximate surface area is 133 Å². The molecule has 1 N–H and O–H groups in total. The zero-order chi connectivity index (χ0) is 15.1. The monoisotopic (exact) mass is 350 g/mol. The SMILES string of the molecule is CCNCc1cc(Br)cnc1OCc1ccc(OC)cc1. The highest BCUT2D eigenvalue weighted by molar-refractivity contribution is 9.10. The van der Waals surface area contributed by atoms with Crippen LogP contribution >= 0.6 is 15.9 Å². The Balaban J connectivity index is 2.04. The van der Waals surface area contributed by atoms with E-state index in [2.05, 4.69) is 33.2 Å². The summed E-state index contributed by atoms with van der Waals surface area (Å²) in [5.74, 6) is 1.50. The lowest BCUT2D eigenvalue weighted by Gasteiger charge is -2.11. The van der Waals surface area contributed by atoms with Crippen molar-refractivity contribution in [1.82, 2.24) is 10.3 Å². The number of nitrogens with zero attached hydrogens (tertiary/aromatic N) is 1. The van der Waals surface area contributed by atoms with Gasteiger partial charge in [-0.15, -0.1) is 0 Å². The van der Waals surface area contributed by atoms with Gasteiger partial charge in [-0.05, 0) is 46.2 Å². The van der Waals surface area contributed by atoms with Gasteiger partial charge in [-0.3, -0.25) is 0 Å². The number of hydrogen-bond donors (Lipinski definition) is 1. The van der Waals surface area contributed by atoms with E-state index in [1.165, 1.54) is 0 Å². The minimum absolute atomic E-state index is 0.484. The van der Waals surface area contributed by atoms with E-state index in [-0.39, 0.29) is 0 Å². The van der Waals surface area contributed by atoms with E-state index in [1.807, 2.05) is 30.3 Å². The molecule has 1 aromatic carbocycles. The molecule has 5 heteroatoms. The number of ether oxygens (including phenoxy) is 2. The number of pyridine rings is 1. The Morgan fingerprint density at radius 1 is 1.24 bits per heavy atom. The lowest BCUT2D eigenvalue weighted by atomic mass is 10.2. The third kappa shape index (κ3) is 4.72. The van der Waals surface area contributed by atoms with Crippen LogP contribution in [0, 0.1) is 0 Å². The van der Waals surface area contributed by atoms with Gasteiger partial charge in [0.2, 0.25) is 5.88 Å². The van der Waals surface area contributed by atoms with Gasteiger partial charge in [0.15, 0.2) is 0 Å². The summed E-state index contributed by atoms with van der Waals surface area (Å²) in [5, 5.41) is 3.29. The molecule has 2 aromatic rings. The van der Waals surface area contributed by atoms with Crippen LogP contribution in [0.2, 0.25) is 0 Å². The molecule has 0 unspecified atom stereocenters. The first-order valence-electron chi connectivity index (χ1n) is 6.83. The smallest absolute Gasteiger partial charge is 0.218 e. The first-order valence-corrected chi connectivity index (χ1v) is 7.63. The molecular formula is C16H19BrN2O2. The molecule has 0 saturated heterocycles. The lowest BCUT2D eigenvalue weighted by Crippen LogP contribution is -2.13. The van der Waals surface area contributed by atoms with Crippen LogP contribution in [-0.2, 0) is 13.2 Å². The molecule has 0 aliphatic rings. The highest BCUT2D eigenvalue weighted by atomic mass is 79.9. The van der Waals surface area contributed by atoms with E-state index < -0.39 is 0 Å². The van der Waals surface area contributed by atoms with Crippen LogP contribution in [0.5, 0.6) is 11.6 Å². The Hall–Kier alpha value is -1.59. The second-order valence-electron chi connectivity index (χ2n) is 4.53. The first-order chi connectivity index (χ1) is 10.2. The van der Waals surface area contributed by atoms with Crippen molar-refractivity contribution in [3.63, 3.8) is 0 Å². The summed E-state index contributed by atoms with van der Waals surface area (Å²) >= 11 is 3.44. The van der Waals surface area contributed by atoms with E-state index in [4.69, 9.17) is 9.47 Å². The average Bonchev–Trinajstić information content (AvgIpc) is 2.52. The predicted octanol–water partition coefficient (Wildman–Crippen LogP) is 3.54. The zero-order valence-corrected chi connectivity index (χ0v) is 13.8. The van der Waals surface area contributed by atoms with E-state index in [9.17, 15) is 0 Å². The Bertz CT molecular complexity index is 573. The van der Waals surface area contributed by atoms with Gasteiger partial charge in [-0.2, -0.15) is 0 Å². The van der Waals surface area contributed by atoms with Crippen molar-refractivity contribution in [3.8, 4) is 11.6 Å². The van der Waals surface area contributed by atoms with Gasteiger partial charge < -0.3 is 14.8 Å². The zero-order valence-electron chi connectivity index (χ0n) is 12.2. The minimum atomic E-state index is 0.484. The first kappa shape index (κ1) is 15.8. The second kappa shape index (κ2) is 8.00. The maximum atomic E-state index is 5.84. The van der Waals surface area contributed by atoms with Gasteiger partial charge in [-0.1, -0.05) is 19.1 Å². The third-order valence-corrected chi connectivity index (χ3v) is 3.43. The molecule has 0 bridgehead atoms. The fourth-order valence-electron chi connectivity index (χ4n) is 1.86. The largest absolute Gasteiger partial charge is 0.497 e. The normalized spacial score (nSPS) is 10.4. The number of hydrogen-bond acceptors (Lipinski definition) is 4. The number of halogens is 1. The standard InChI is InChI=1S/C16H19BrN2O2/c1-3-18-9-13-8-14(17)10-19-16(13)21-11-12-4-6-15(20-2)7-5-12/h4-8,10,18H,3,9,11H2,1-2H3. The van der Waals surface area contributed by atoms with E-state index >= 15 is 0 Å². The number of rotatable bonds is 7. The quantitative estimate of drug-likeness (QED) is 0.829. The van der Waals surface area contributed by atoms with E-state index in [0.717, 1.165) is 34.4 Å². The molecule has 2 rings (SSSR count). The maximum Gasteiger partial charge on any atom is 0.218 e. The van der Waals surface area contributed by atoms with Crippen molar-refractivity contribution < 1.29 is 9.47 Å². The molecule has 21 heavy (non-hydrogen) atoms. The molecule has 112 valence electrons. The van der Waals surface area contributed by atoms with E-state index in [0.29, 0.717) is 12.5 Å². The molecule has 0 fully saturated rings. The van der Waals surface area contributed by atoms with Gasteiger partial charge >= 0.3 is 0 Å². The molecule has 0 radical (unpaired) electrons. The molecule has 0 aliphatic heterocycles. The van der Waals surface area contributed by atoms with Gasteiger partial charge in [-0.25, -0.2) is 4.98 Å². The third-order valence-electron chi connectivity index (χ3n) is 2.99. The van der Waals surface area contributed by atoms with Crippen LogP contribution in [0.1, 0.15) is 18.1 Å². The van der Waals surface area contributed by atoms with Gasteiger partial charge in [0.1, 0.15) is 12.4 Å². The molecule has 1 aromatic heterocycles. The molecule has 0 atom stereocenters. The lowest BCUT2D eigenvalue weighted by molar-refractivity contribution is 0.289. The van der Waals surface area contributed by atoms with Crippen LogP contribution in [0.15, 0.2) is 41.0 Å². The molecule has 0 saturated carbocycles. The van der Waals surface area contributed by atoms with Crippen LogP contribution in [0.3, 0.4) is 0 Å². The highest BCUT2D eigenvalue weighted by Crippen LogP contribution is 2.21. The number of aromatic nitrogens is 1. The summed E-state index contributed by atoms with van der Waals surface area (Å²) in [6.07, 6.45) is 1.75. The maximum absolute atomic E-state index is 5.84. The van der Waals surface area contributed by atoms with Gasteiger partial charge in [0, 0.05) is 22.8 Å². The highest BCUT2D eigenvalue weighted by Gasteiger charge is 2.06.